The minimum Gasteiger partial charge on any atom is -0.424 e. The van der Waals surface area contributed by atoms with E-state index in [4.69, 9.17) is 8.94 Å². The van der Waals surface area contributed by atoms with E-state index in [0.717, 1.165) is 38.1 Å². The Labute approximate surface area is 493 Å². The summed E-state index contributed by atoms with van der Waals surface area (Å²) in [6.45, 7) is 76.0. The zero-order valence-electron chi connectivity index (χ0n) is 57.2. The fourth-order valence-corrected chi connectivity index (χ4v) is 7.58. The highest BCUT2D eigenvalue weighted by Crippen LogP contribution is 2.33. The van der Waals surface area contributed by atoms with Crippen LogP contribution in [0.1, 0.15) is 311 Å². The summed E-state index contributed by atoms with van der Waals surface area (Å²) in [6, 6.07) is 2.03. The molecule has 0 aromatic carbocycles. The Balaban J connectivity index is 0.000000480. The third-order valence-corrected chi connectivity index (χ3v) is 14.2. The van der Waals surface area contributed by atoms with Gasteiger partial charge in [-0.1, -0.05) is 234 Å². The third kappa shape index (κ3) is 24.5. The Morgan fingerprint density at radius 1 is 0.438 bits per heavy atom. The van der Waals surface area contributed by atoms with E-state index in [0.29, 0.717) is 17.7 Å². The van der Waals surface area contributed by atoms with Gasteiger partial charge in [0.25, 0.3) is 5.56 Å². The maximum absolute atomic E-state index is 11.7. The molecule has 0 aliphatic heterocycles. The Morgan fingerprint density at radius 2 is 0.850 bits per heavy atom. The van der Waals surface area contributed by atoms with Gasteiger partial charge in [0, 0.05) is 60.5 Å². The third-order valence-electron chi connectivity index (χ3n) is 11.3. The van der Waals surface area contributed by atoms with E-state index in [1.807, 2.05) is 16.9 Å². The lowest BCUT2D eigenvalue weighted by molar-refractivity contribution is 0.314. The lowest BCUT2D eigenvalue weighted by atomic mass is 9.82. The van der Waals surface area contributed by atoms with Gasteiger partial charge in [0.2, 0.25) is 17.7 Å². The van der Waals surface area contributed by atoms with Crippen LogP contribution < -0.4 is 5.56 Å². The number of H-pyrrole nitrogens is 1. The second-order valence-corrected chi connectivity index (χ2v) is 35.0. The number of nitrogens with one attached hydrogen (secondary N) is 1. The summed E-state index contributed by atoms with van der Waals surface area (Å²) < 4.78 is 17.1. The Kier molecular flexibility index (Phi) is 23.9. The van der Waals surface area contributed by atoms with E-state index in [1.54, 1.807) is 17.7 Å². The first kappa shape index (κ1) is 73.5. The van der Waals surface area contributed by atoms with Crippen LogP contribution in [0.3, 0.4) is 0 Å². The van der Waals surface area contributed by atoms with Crippen molar-refractivity contribution in [1.82, 2.24) is 59.6 Å². The molecule has 6 aromatic rings. The van der Waals surface area contributed by atoms with Crippen molar-refractivity contribution in [3.05, 3.63) is 90.2 Å². The molecule has 17 heteroatoms. The second-order valence-electron chi connectivity index (χ2n) is 33.2. The highest BCUT2D eigenvalue weighted by atomic mass is 32.1. The normalized spacial score (nSPS) is 13.3. The van der Waals surface area contributed by atoms with E-state index in [1.165, 1.54) is 17.1 Å². The highest BCUT2D eigenvalue weighted by Gasteiger charge is 2.30. The molecule has 6 rings (SSSR count). The number of hydrogen-bond donors (Lipinski definition) is 1. The van der Waals surface area contributed by atoms with Gasteiger partial charge in [0.1, 0.15) is 27.2 Å². The van der Waals surface area contributed by atoms with Crippen LogP contribution >= 0.6 is 22.9 Å². The van der Waals surface area contributed by atoms with Crippen molar-refractivity contribution in [3.8, 4) is 0 Å². The fraction of sp³-hybridized carbons (Fsp3) is 0.762. The molecule has 0 fully saturated rings. The molecule has 0 spiro atoms. The average Bonchev–Trinajstić information content (AvgIpc) is 4.08. The number of nitrogens with zero attached hydrogens (tertiary/aromatic N) is 11. The summed E-state index contributed by atoms with van der Waals surface area (Å²) in [7, 11) is 0. The molecule has 6 aromatic heterocycles. The first-order chi connectivity index (χ1) is 35.2. The largest absolute Gasteiger partial charge is 0.424 e. The van der Waals surface area contributed by atoms with Crippen LogP contribution in [0.5, 0.6) is 0 Å². The number of hydrogen-bond acceptors (Lipinski definition) is 15. The predicted molar refractivity (Wildman–Crippen MR) is 336 cm³/mol. The van der Waals surface area contributed by atoms with Crippen LogP contribution in [0.25, 0.3) is 0 Å². The van der Waals surface area contributed by atoms with Gasteiger partial charge in [-0.05, 0) is 54.8 Å². The van der Waals surface area contributed by atoms with Crippen LogP contribution in [0.15, 0.2) is 32.3 Å². The molecule has 0 amide bonds. The zero-order valence-corrected chi connectivity index (χ0v) is 58.8. The SMILES string of the molecule is CC(C)(C)c1c[nH]c(=O)c(C(C)(C)C)c1.CC(C)(C)c1ncn(C(C)(C)C)n1.CC(C)(C)c1nnc(C(C)(C)C)o1.CC(C)(C)c1nnc(C(C)(C)C)s1.CC(C)(C)c1noc(C(C)(C)C)n1.CC(C)(C)c1nsc(C(C)(C)C)n1. The number of aromatic amines is 1. The first-order valence-corrected chi connectivity index (χ1v) is 29.8. The molecule has 0 bridgehead atoms. The summed E-state index contributed by atoms with van der Waals surface area (Å²) in [4.78, 5) is 27.8. The van der Waals surface area contributed by atoms with Crippen molar-refractivity contribution in [2.45, 2.75) is 314 Å². The number of rotatable bonds is 0. The Morgan fingerprint density at radius 3 is 1.09 bits per heavy atom. The summed E-state index contributed by atoms with van der Waals surface area (Å²) in [5, 5.41) is 28.3. The van der Waals surface area contributed by atoms with E-state index in [-0.39, 0.29) is 70.7 Å². The minimum absolute atomic E-state index is 0.0236. The molecule has 454 valence electrons. The lowest BCUT2D eigenvalue weighted by Crippen LogP contribution is -2.26. The molecule has 15 nitrogen and oxygen atoms in total. The maximum atomic E-state index is 11.7. The van der Waals surface area contributed by atoms with Crippen molar-refractivity contribution in [2.75, 3.05) is 0 Å². The molecule has 80 heavy (non-hydrogen) atoms. The molecule has 0 radical (unpaired) electrons. The second kappa shape index (κ2) is 26.0. The quantitative estimate of drug-likeness (QED) is 0.151. The van der Waals surface area contributed by atoms with E-state index in [9.17, 15) is 4.79 Å². The number of pyridine rings is 1. The Hall–Kier alpha value is -4.51. The summed E-state index contributed by atoms with van der Waals surface area (Å²) in [5.74, 6) is 4.76. The molecule has 0 aliphatic rings. The first-order valence-electron chi connectivity index (χ1n) is 28.2. The molecule has 0 saturated heterocycles. The van der Waals surface area contributed by atoms with Crippen LogP contribution in [0.2, 0.25) is 0 Å². The minimum atomic E-state index is -0.102. The van der Waals surface area contributed by atoms with Gasteiger partial charge < -0.3 is 13.9 Å². The molecule has 0 saturated carbocycles. The molecular weight excluding hydrogens is 1040 g/mol. The highest BCUT2D eigenvalue weighted by molar-refractivity contribution is 7.11. The van der Waals surface area contributed by atoms with Crippen molar-refractivity contribution >= 4 is 22.9 Å². The van der Waals surface area contributed by atoms with Crippen molar-refractivity contribution < 1.29 is 8.94 Å². The molecular formula is C63H112N12O3S2. The van der Waals surface area contributed by atoms with Crippen LogP contribution in [-0.4, -0.2) is 59.6 Å². The fourth-order valence-electron chi connectivity index (χ4n) is 5.73. The van der Waals surface area contributed by atoms with E-state index in [2.05, 4.69) is 304 Å². The van der Waals surface area contributed by atoms with Crippen LogP contribution in [-0.2, 0) is 65.1 Å². The average molecular weight is 1150 g/mol. The summed E-state index contributed by atoms with van der Waals surface area (Å²) >= 11 is 3.25. The van der Waals surface area contributed by atoms with Gasteiger partial charge in [-0.25, -0.2) is 14.6 Å². The van der Waals surface area contributed by atoms with Crippen LogP contribution in [0.4, 0.5) is 0 Å². The molecule has 0 aliphatic carbocycles. The van der Waals surface area contributed by atoms with Gasteiger partial charge in [0.15, 0.2) is 11.6 Å². The van der Waals surface area contributed by atoms with Gasteiger partial charge >= 0.3 is 0 Å². The van der Waals surface area contributed by atoms with Gasteiger partial charge in [-0.3, -0.25) is 4.79 Å². The standard InChI is InChI=1S/C13H21NO.C10H19N3.2C10H18N2O.2C10H18N2S/c1-12(2,3)9-7-10(13(4,5)6)11(15)14-8-9;1-9(2,3)8-11-7-13(12-8)10(4,5)6;1-9(2,3)7-11-12-8(13-7)10(4,5)6;1-9(2,3)7-11-8(13-12-7)10(4,5)6;1-9(2,3)7-11-12-8(13-7)10(4,5)6;1-9(2,3)7-11-8(13-12-7)10(4,5)6/h7-8H,1-6H3,(H,14,15);7H,1-6H3;4*1-6H3. The Bertz CT molecular complexity index is 2360. The predicted octanol–water partition coefficient (Wildman–Crippen LogP) is 16.9. The summed E-state index contributed by atoms with van der Waals surface area (Å²) in [5.41, 5.74) is 2.32. The monoisotopic (exact) mass is 1150 g/mol. The topological polar surface area (TPSA) is 193 Å². The van der Waals surface area contributed by atoms with E-state index < -0.39 is 0 Å². The van der Waals surface area contributed by atoms with Crippen LogP contribution in [0, 0.1) is 0 Å². The zero-order chi connectivity index (χ0) is 63.2. The van der Waals surface area contributed by atoms with Crippen molar-refractivity contribution in [1.29, 1.82) is 0 Å². The summed E-state index contributed by atoms with van der Waals surface area (Å²) in [6.07, 6.45) is 3.62. The molecule has 1 N–H and O–H groups in total. The smallest absolute Gasteiger partial charge is 0.251 e. The van der Waals surface area contributed by atoms with Gasteiger partial charge in [-0.2, -0.15) is 14.5 Å². The molecule has 0 atom stereocenters. The van der Waals surface area contributed by atoms with Gasteiger partial charge in [-0.15, -0.1) is 31.7 Å². The lowest BCUT2D eigenvalue weighted by Gasteiger charge is -2.23. The van der Waals surface area contributed by atoms with E-state index >= 15 is 0 Å². The van der Waals surface area contributed by atoms with Crippen molar-refractivity contribution in [3.63, 3.8) is 0 Å². The number of aromatic nitrogens is 12. The van der Waals surface area contributed by atoms with Gasteiger partial charge in [0.05, 0.1) is 5.54 Å². The molecule has 6 heterocycles. The molecule has 0 unspecified atom stereocenters. The van der Waals surface area contributed by atoms with Crippen molar-refractivity contribution in [2.24, 2.45) is 0 Å². The maximum Gasteiger partial charge on any atom is 0.251 e.